The topological polar surface area (TPSA) is 37.8 Å². The van der Waals surface area contributed by atoms with Crippen molar-refractivity contribution in [2.75, 3.05) is 5.32 Å². The number of fused-ring (bicyclic) bond motifs is 1. The van der Waals surface area contributed by atoms with Crippen LogP contribution in [0.2, 0.25) is 0 Å². The largest absolute Gasteiger partial charge is 0.366 e. The number of aromatic nitrogens is 2. The zero-order valence-electron chi connectivity index (χ0n) is 8.60. The van der Waals surface area contributed by atoms with E-state index in [4.69, 9.17) is 0 Å². The molecule has 2 aromatic rings. The first kappa shape index (κ1) is 10.1. The molecule has 78 valence electrons. The Kier molecular flexibility index (Phi) is 2.97. The summed E-state index contributed by atoms with van der Waals surface area (Å²) < 4.78 is 1.12. The van der Waals surface area contributed by atoms with Crippen LogP contribution in [0.25, 0.3) is 10.2 Å². The van der Waals surface area contributed by atoms with Crippen molar-refractivity contribution in [3.8, 4) is 0 Å². The highest BCUT2D eigenvalue weighted by atomic mass is 32.1. The third-order valence-corrected chi connectivity index (χ3v) is 3.06. The molecule has 2 heterocycles. The molecule has 0 saturated heterocycles. The molecule has 15 heavy (non-hydrogen) atoms. The van der Waals surface area contributed by atoms with Gasteiger partial charge in [0.2, 0.25) is 0 Å². The lowest BCUT2D eigenvalue weighted by molar-refractivity contribution is 0.809. The van der Waals surface area contributed by atoms with Crippen molar-refractivity contribution in [1.29, 1.82) is 0 Å². The predicted molar refractivity (Wildman–Crippen MR) is 65.3 cm³/mol. The van der Waals surface area contributed by atoms with Crippen LogP contribution in [0.15, 0.2) is 30.4 Å². The van der Waals surface area contributed by atoms with Crippen LogP contribution >= 0.6 is 11.3 Å². The van der Waals surface area contributed by atoms with Gasteiger partial charge in [-0.2, -0.15) is 0 Å². The molecule has 0 amide bonds. The maximum Gasteiger partial charge on any atom is 0.147 e. The lowest BCUT2D eigenvalue weighted by atomic mass is 10.2. The van der Waals surface area contributed by atoms with Crippen molar-refractivity contribution in [1.82, 2.24) is 9.97 Å². The molecule has 0 aliphatic rings. The number of hydrogen-bond acceptors (Lipinski definition) is 4. The maximum atomic E-state index is 4.26. The monoisotopic (exact) mass is 219 g/mol. The van der Waals surface area contributed by atoms with Crippen molar-refractivity contribution in [3.05, 3.63) is 30.4 Å². The van der Waals surface area contributed by atoms with Gasteiger partial charge >= 0.3 is 0 Å². The molecule has 0 aromatic carbocycles. The van der Waals surface area contributed by atoms with E-state index in [0.717, 1.165) is 22.5 Å². The van der Waals surface area contributed by atoms with Crippen molar-refractivity contribution in [2.24, 2.45) is 0 Å². The molecule has 0 radical (unpaired) electrons. The van der Waals surface area contributed by atoms with Crippen LogP contribution in [0.4, 0.5) is 5.82 Å². The second-order valence-corrected chi connectivity index (χ2v) is 4.34. The molecule has 0 aliphatic carbocycles. The summed E-state index contributed by atoms with van der Waals surface area (Å²) in [5.74, 6) is 0.921. The van der Waals surface area contributed by atoms with E-state index in [2.05, 4.69) is 28.8 Å². The number of rotatable bonds is 4. The normalized spacial score (nSPS) is 12.6. The van der Waals surface area contributed by atoms with Gasteiger partial charge in [-0.15, -0.1) is 17.9 Å². The molecule has 0 bridgehead atoms. The van der Waals surface area contributed by atoms with Crippen molar-refractivity contribution >= 4 is 27.4 Å². The second-order valence-electron chi connectivity index (χ2n) is 3.43. The maximum absolute atomic E-state index is 4.26. The fourth-order valence-corrected chi connectivity index (χ4v) is 2.23. The molecule has 2 rings (SSSR count). The van der Waals surface area contributed by atoms with E-state index in [1.807, 2.05) is 17.5 Å². The van der Waals surface area contributed by atoms with E-state index in [1.165, 1.54) is 0 Å². The molecule has 0 aliphatic heterocycles. The summed E-state index contributed by atoms with van der Waals surface area (Å²) in [4.78, 5) is 8.45. The fraction of sp³-hybridized carbons (Fsp3) is 0.273. The first-order valence-corrected chi connectivity index (χ1v) is 5.75. The Balaban J connectivity index is 2.27. The number of thiophene rings is 1. The SMILES string of the molecule is C=CCC(C)Nc1ncnc2ccsc12. The average Bonchev–Trinajstić information content (AvgIpc) is 2.67. The lowest BCUT2D eigenvalue weighted by Crippen LogP contribution is -2.14. The van der Waals surface area contributed by atoms with Gasteiger partial charge < -0.3 is 5.32 Å². The van der Waals surface area contributed by atoms with Gasteiger partial charge in [0.25, 0.3) is 0 Å². The number of nitrogens with one attached hydrogen (secondary N) is 1. The van der Waals surface area contributed by atoms with E-state index in [0.29, 0.717) is 6.04 Å². The number of hydrogen-bond donors (Lipinski definition) is 1. The van der Waals surface area contributed by atoms with Crippen molar-refractivity contribution in [2.45, 2.75) is 19.4 Å². The summed E-state index contributed by atoms with van der Waals surface area (Å²) in [6.45, 7) is 5.84. The van der Waals surface area contributed by atoms with Crippen LogP contribution in [0.1, 0.15) is 13.3 Å². The Morgan fingerprint density at radius 2 is 2.47 bits per heavy atom. The first-order valence-electron chi connectivity index (χ1n) is 4.87. The zero-order chi connectivity index (χ0) is 10.7. The lowest BCUT2D eigenvalue weighted by Gasteiger charge is -2.12. The molecule has 1 atom stereocenters. The Labute approximate surface area is 92.9 Å². The highest BCUT2D eigenvalue weighted by Gasteiger charge is 2.06. The summed E-state index contributed by atoms with van der Waals surface area (Å²) in [7, 11) is 0. The Morgan fingerprint density at radius 1 is 1.60 bits per heavy atom. The van der Waals surface area contributed by atoms with Gasteiger partial charge in [-0.1, -0.05) is 6.08 Å². The molecule has 0 fully saturated rings. The summed E-state index contributed by atoms with van der Waals surface area (Å²) in [6.07, 6.45) is 4.43. The summed E-state index contributed by atoms with van der Waals surface area (Å²) in [5.41, 5.74) is 1.00. The molecule has 4 heteroatoms. The van der Waals surface area contributed by atoms with Crippen molar-refractivity contribution < 1.29 is 0 Å². The first-order chi connectivity index (χ1) is 7.31. The summed E-state index contributed by atoms with van der Waals surface area (Å²) in [6, 6.07) is 2.35. The van der Waals surface area contributed by atoms with E-state index >= 15 is 0 Å². The Hall–Kier alpha value is -1.42. The highest BCUT2D eigenvalue weighted by Crippen LogP contribution is 2.25. The van der Waals surface area contributed by atoms with Crippen LogP contribution in [-0.2, 0) is 0 Å². The third kappa shape index (κ3) is 2.15. The molecular weight excluding hydrogens is 206 g/mol. The van der Waals surface area contributed by atoms with Crippen LogP contribution in [0.3, 0.4) is 0 Å². The molecule has 2 aromatic heterocycles. The number of anilines is 1. The van der Waals surface area contributed by atoms with E-state index in [1.54, 1.807) is 17.7 Å². The van der Waals surface area contributed by atoms with Gasteiger partial charge in [0.15, 0.2) is 0 Å². The molecular formula is C11H13N3S. The van der Waals surface area contributed by atoms with Gasteiger partial charge in [-0.3, -0.25) is 0 Å². The molecule has 1 unspecified atom stereocenters. The van der Waals surface area contributed by atoms with E-state index in [-0.39, 0.29) is 0 Å². The van der Waals surface area contributed by atoms with E-state index in [9.17, 15) is 0 Å². The Morgan fingerprint density at radius 3 is 3.27 bits per heavy atom. The van der Waals surface area contributed by atoms with Gasteiger partial charge in [0, 0.05) is 6.04 Å². The Bertz CT molecular complexity index is 464. The molecule has 1 N–H and O–H groups in total. The minimum absolute atomic E-state index is 0.350. The molecule has 0 spiro atoms. The van der Waals surface area contributed by atoms with Gasteiger partial charge in [-0.25, -0.2) is 9.97 Å². The molecule has 0 saturated carbocycles. The predicted octanol–water partition coefficient (Wildman–Crippen LogP) is 3.07. The standard InChI is InChI=1S/C11H13N3S/c1-3-4-8(2)14-11-10-9(5-6-15-10)12-7-13-11/h3,5-8H,1,4H2,2H3,(H,12,13,14). The fourth-order valence-electron chi connectivity index (χ4n) is 1.43. The second kappa shape index (κ2) is 4.40. The average molecular weight is 219 g/mol. The van der Waals surface area contributed by atoms with Gasteiger partial charge in [0.05, 0.1) is 10.2 Å². The van der Waals surface area contributed by atoms with E-state index < -0.39 is 0 Å². The van der Waals surface area contributed by atoms with Crippen LogP contribution in [0.5, 0.6) is 0 Å². The highest BCUT2D eigenvalue weighted by molar-refractivity contribution is 7.17. The minimum Gasteiger partial charge on any atom is -0.366 e. The molecule has 3 nitrogen and oxygen atoms in total. The summed E-state index contributed by atoms with van der Waals surface area (Å²) in [5, 5.41) is 5.39. The van der Waals surface area contributed by atoms with Crippen LogP contribution in [-0.4, -0.2) is 16.0 Å². The third-order valence-electron chi connectivity index (χ3n) is 2.15. The van der Waals surface area contributed by atoms with Crippen LogP contribution < -0.4 is 5.32 Å². The summed E-state index contributed by atoms with van der Waals surface area (Å²) >= 11 is 1.66. The number of nitrogens with zero attached hydrogens (tertiary/aromatic N) is 2. The van der Waals surface area contributed by atoms with Gasteiger partial charge in [0.1, 0.15) is 12.1 Å². The van der Waals surface area contributed by atoms with Crippen LogP contribution in [0, 0.1) is 0 Å². The zero-order valence-corrected chi connectivity index (χ0v) is 9.42. The smallest absolute Gasteiger partial charge is 0.147 e. The quantitative estimate of drug-likeness (QED) is 0.803. The minimum atomic E-state index is 0.350. The van der Waals surface area contributed by atoms with Gasteiger partial charge in [-0.05, 0) is 24.8 Å². The van der Waals surface area contributed by atoms with Crippen molar-refractivity contribution in [3.63, 3.8) is 0 Å².